The van der Waals surface area contributed by atoms with Crippen molar-refractivity contribution < 1.29 is 9.90 Å². The first-order valence-corrected chi connectivity index (χ1v) is 5.84. The van der Waals surface area contributed by atoms with Gasteiger partial charge in [0.2, 0.25) is 5.82 Å². The van der Waals surface area contributed by atoms with Crippen LogP contribution in [0.4, 0.5) is 5.82 Å². The third-order valence-electron chi connectivity index (χ3n) is 2.69. The Balaban J connectivity index is 2.64. The van der Waals surface area contributed by atoms with Crippen LogP contribution in [0.25, 0.3) is 10.9 Å². The van der Waals surface area contributed by atoms with Crippen LogP contribution in [0.1, 0.15) is 24.0 Å². The van der Waals surface area contributed by atoms with E-state index >= 15 is 0 Å². The second-order valence-electron chi connectivity index (χ2n) is 4.11. The summed E-state index contributed by atoms with van der Waals surface area (Å²) in [6, 6.07) is 7.44. The lowest BCUT2D eigenvalue weighted by Gasteiger charge is -2.19. The molecule has 0 aliphatic heterocycles. The lowest BCUT2D eigenvalue weighted by molar-refractivity contribution is 0.0684. The average molecular weight is 245 g/mol. The summed E-state index contributed by atoms with van der Waals surface area (Å²) in [5, 5.41) is 9.91. The number of carbonyl (C=O) groups is 1. The number of anilines is 1. The lowest BCUT2D eigenvalue weighted by atomic mass is 10.2. The van der Waals surface area contributed by atoms with Crippen molar-refractivity contribution in [3.8, 4) is 0 Å². The Morgan fingerprint density at radius 2 is 2.06 bits per heavy atom. The molecule has 1 N–H and O–H groups in total. The summed E-state index contributed by atoms with van der Waals surface area (Å²) < 4.78 is 0. The maximum Gasteiger partial charge on any atom is 0.374 e. The molecule has 94 valence electrons. The predicted octanol–water partition coefficient (Wildman–Crippen LogP) is 2.17. The number of hydrogen-bond acceptors (Lipinski definition) is 4. The number of para-hydroxylation sites is 1. The van der Waals surface area contributed by atoms with Gasteiger partial charge < -0.3 is 10.0 Å². The van der Waals surface area contributed by atoms with Gasteiger partial charge in [0.15, 0.2) is 0 Å². The van der Waals surface area contributed by atoms with Gasteiger partial charge >= 0.3 is 5.97 Å². The van der Waals surface area contributed by atoms with Crippen LogP contribution in [-0.2, 0) is 0 Å². The molecule has 0 radical (unpaired) electrons. The highest BCUT2D eigenvalue weighted by Crippen LogP contribution is 2.22. The van der Waals surface area contributed by atoms with Gasteiger partial charge in [-0.25, -0.2) is 14.8 Å². The molecule has 0 fully saturated rings. The van der Waals surface area contributed by atoms with E-state index in [0.29, 0.717) is 11.3 Å². The molecule has 0 unspecified atom stereocenters. The first-order chi connectivity index (χ1) is 8.63. The van der Waals surface area contributed by atoms with E-state index in [4.69, 9.17) is 5.11 Å². The molecular weight excluding hydrogens is 230 g/mol. The molecular formula is C13H15N3O2. The van der Waals surface area contributed by atoms with E-state index in [1.165, 1.54) is 0 Å². The number of carboxylic acid groups (broad SMARTS) is 1. The Morgan fingerprint density at radius 3 is 2.72 bits per heavy atom. The Hall–Kier alpha value is -2.17. The highest BCUT2D eigenvalue weighted by molar-refractivity contribution is 5.93. The zero-order valence-corrected chi connectivity index (χ0v) is 10.4. The van der Waals surface area contributed by atoms with Crippen molar-refractivity contribution in [1.82, 2.24) is 9.97 Å². The molecule has 0 amide bonds. The Kier molecular flexibility index (Phi) is 3.41. The van der Waals surface area contributed by atoms with Crippen molar-refractivity contribution in [1.29, 1.82) is 0 Å². The van der Waals surface area contributed by atoms with E-state index in [0.717, 1.165) is 18.4 Å². The number of aromatic carboxylic acids is 1. The third kappa shape index (κ3) is 2.25. The van der Waals surface area contributed by atoms with E-state index < -0.39 is 5.97 Å². The molecule has 0 aliphatic rings. The van der Waals surface area contributed by atoms with Crippen LogP contribution in [0, 0.1) is 0 Å². The number of hydrogen-bond donors (Lipinski definition) is 1. The molecule has 0 bridgehead atoms. The minimum Gasteiger partial charge on any atom is -0.475 e. The Morgan fingerprint density at radius 1 is 1.33 bits per heavy atom. The van der Waals surface area contributed by atoms with Gasteiger partial charge in [-0.05, 0) is 18.6 Å². The normalized spacial score (nSPS) is 10.6. The summed E-state index contributed by atoms with van der Waals surface area (Å²) in [5.41, 5.74) is 0.655. The van der Waals surface area contributed by atoms with Crippen molar-refractivity contribution in [3.05, 3.63) is 30.1 Å². The van der Waals surface area contributed by atoms with Crippen LogP contribution in [0.5, 0.6) is 0 Å². The highest BCUT2D eigenvalue weighted by atomic mass is 16.4. The molecule has 0 atom stereocenters. The predicted molar refractivity (Wildman–Crippen MR) is 70.1 cm³/mol. The Bertz CT molecular complexity index is 583. The highest BCUT2D eigenvalue weighted by Gasteiger charge is 2.14. The second kappa shape index (κ2) is 5.00. The zero-order valence-electron chi connectivity index (χ0n) is 10.4. The van der Waals surface area contributed by atoms with Gasteiger partial charge in [0.1, 0.15) is 5.82 Å². The molecule has 1 heterocycles. The van der Waals surface area contributed by atoms with Crippen LogP contribution in [0.15, 0.2) is 24.3 Å². The van der Waals surface area contributed by atoms with Gasteiger partial charge in [0.25, 0.3) is 0 Å². The SMILES string of the molecule is CCCN(C)c1nc(C(=O)O)nc2ccccc12. The number of benzene rings is 1. The topological polar surface area (TPSA) is 66.3 Å². The summed E-state index contributed by atoms with van der Waals surface area (Å²) in [5.74, 6) is -0.599. The van der Waals surface area contributed by atoms with Gasteiger partial charge in [0.05, 0.1) is 5.52 Å². The standard InChI is InChI=1S/C13H15N3O2/c1-3-8-16(2)12-9-6-4-5-7-10(9)14-11(15-12)13(17)18/h4-7H,3,8H2,1-2H3,(H,17,18). The maximum atomic E-state index is 11.0. The molecule has 2 aromatic rings. The summed E-state index contributed by atoms with van der Waals surface area (Å²) in [7, 11) is 1.91. The molecule has 5 heteroatoms. The van der Waals surface area contributed by atoms with Crippen LogP contribution >= 0.6 is 0 Å². The lowest BCUT2D eigenvalue weighted by Crippen LogP contribution is -2.21. The molecule has 5 nitrogen and oxygen atoms in total. The number of rotatable bonds is 4. The molecule has 0 saturated heterocycles. The minimum atomic E-state index is -1.10. The van der Waals surface area contributed by atoms with E-state index in [1.807, 2.05) is 30.1 Å². The summed E-state index contributed by atoms with van der Waals surface area (Å²) in [6.07, 6.45) is 0.969. The third-order valence-corrected chi connectivity index (χ3v) is 2.69. The number of fused-ring (bicyclic) bond motifs is 1. The van der Waals surface area contributed by atoms with Crippen LogP contribution in [0.2, 0.25) is 0 Å². The largest absolute Gasteiger partial charge is 0.475 e. The monoisotopic (exact) mass is 245 g/mol. The summed E-state index contributed by atoms with van der Waals surface area (Å²) in [4.78, 5) is 21.2. The van der Waals surface area contributed by atoms with Gasteiger partial charge in [-0.2, -0.15) is 0 Å². The van der Waals surface area contributed by atoms with Crippen molar-refractivity contribution in [2.45, 2.75) is 13.3 Å². The quantitative estimate of drug-likeness (QED) is 0.894. The first kappa shape index (κ1) is 12.3. The smallest absolute Gasteiger partial charge is 0.374 e. The van der Waals surface area contributed by atoms with E-state index in [9.17, 15) is 4.79 Å². The van der Waals surface area contributed by atoms with E-state index in [2.05, 4.69) is 16.9 Å². The second-order valence-corrected chi connectivity index (χ2v) is 4.11. The first-order valence-electron chi connectivity index (χ1n) is 5.84. The number of carboxylic acids is 1. The van der Waals surface area contributed by atoms with Gasteiger partial charge in [-0.15, -0.1) is 0 Å². The van der Waals surface area contributed by atoms with Crippen LogP contribution in [0.3, 0.4) is 0 Å². The van der Waals surface area contributed by atoms with Crippen molar-refractivity contribution in [2.24, 2.45) is 0 Å². The fourth-order valence-corrected chi connectivity index (χ4v) is 1.89. The van der Waals surface area contributed by atoms with Crippen LogP contribution in [-0.4, -0.2) is 34.6 Å². The molecule has 0 saturated carbocycles. The molecule has 1 aromatic heterocycles. The maximum absolute atomic E-state index is 11.0. The number of nitrogens with zero attached hydrogens (tertiary/aromatic N) is 3. The minimum absolute atomic E-state index is 0.161. The van der Waals surface area contributed by atoms with E-state index in [1.54, 1.807) is 6.07 Å². The van der Waals surface area contributed by atoms with Gasteiger partial charge in [-0.1, -0.05) is 19.1 Å². The van der Waals surface area contributed by atoms with Crippen molar-refractivity contribution in [2.75, 3.05) is 18.5 Å². The summed E-state index contributed by atoms with van der Waals surface area (Å²) >= 11 is 0. The van der Waals surface area contributed by atoms with Gasteiger partial charge in [0, 0.05) is 19.0 Å². The molecule has 0 spiro atoms. The summed E-state index contributed by atoms with van der Waals surface area (Å²) in [6.45, 7) is 2.89. The van der Waals surface area contributed by atoms with Crippen molar-refractivity contribution in [3.63, 3.8) is 0 Å². The average Bonchev–Trinajstić information content (AvgIpc) is 2.37. The van der Waals surface area contributed by atoms with Gasteiger partial charge in [-0.3, -0.25) is 0 Å². The number of aromatic nitrogens is 2. The van der Waals surface area contributed by atoms with Crippen molar-refractivity contribution >= 4 is 22.7 Å². The fraction of sp³-hybridized carbons (Fsp3) is 0.308. The van der Waals surface area contributed by atoms with Crippen LogP contribution < -0.4 is 4.90 Å². The molecule has 0 aliphatic carbocycles. The molecule has 1 aromatic carbocycles. The van der Waals surface area contributed by atoms with E-state index in [-0.39, 0.29) is 5.82 Å². The molecule has 18 heavy (non-hydrogen) atoms. The zero-order chi connectivity index (χ0) is 13.1. The Labute approximate surface area is 105 Å². The fourth-order valence-electron chi connectivity index (χ4n) is 1.89. The molecule has 2 rings (SSSR count).